The molecule has 0 saturated carbocycles. The van der Waals surface area contributed by atoms with E-state index in [-0.39, 0.29) is 30.3 Å². The number of halogens is 1. The quantitative estimate of drug-likeness (QED) is 0.780. The number of amides is 2. The Balaban J connectivity index is 0.00000240. The number of para-hydroxylation sites is 1. The van der Waals surface area contributed by atoms with E-state index in [9.17, 15) is 9.59 Å². The van der Waals surface area contributed by atoms with Crippen molar-refractivity contribution in [2.24, 2.45) is 5.92 Å². The van der Waals surface area contributed by atoms with E-state index in [4.69, 9.17) is 0 Å². The minimum absolute atomic E-state index is 0. The lowest BCUT2D eigenvalue weighted by Crippen LogP contribution is -2.46. The third-order valence-electron chi connectivity index (χ3n) is 5.58. The standard InChI is InChI=1S/C21H27N5O2.ClH/c27-20(18-9-4-11-22-18)23-14-16-6-5-12-25(15-16)21(28)19-10-13-26(24-19)17-7-2-1-3-8-17;/h1-3,7-8,10,13,16,18,22H,4-6,9,11-12,14-15H2,(H,23,27);1H. The topological polar surface area (TPSA) is 79.3 Å². The van der Waals surface area contributed by atoms with Gasteiger partial charge in [0, 0.05) is 25.8 Å². The van der Waals surface area contributed by atoms with Crippen LogP contribution in [-0.4, -0.2) is 58.7 Å². The molecule has 2 atom stereocenters. The lowest BCUT2D eigenvalue weighted by Gasteiger charge is -2.32. The lowest BCUT2D eigenvalue weighted by atomic mass is 9.97. The molecular weight excluding hydrogens is 390 g/mol. The average Bonchev–Trinajstić information content (AvgIpc) is 3.45. The van der Waals surface area contributed by atoms with E-state index in [1.807, 2.05) is 41.4 Å². The Morgan fingerprint density at radius 2 is 1.97 bits per heavy atom. The third-order valence-corrected chi connectivity index (χ3v) is 5.58. The van der Waals surface area contributed by atoms with Crippen molar-refractivity contribution in [1.82, 2.24) is 25.3 Å². The van der Waals surface area contributed by atoms with Crippen molar-refractivity contribution in [2.45, 2.75) is 31.7 Å². The maximum Gasteiger partial charge on any atom is 0.274 e. The van der Waals surface area contributed by atoms with Gasteiger partial charge >= 0.3 is 0 Å². The van der Waals surface area contributed by atoms with Gasteiger partial charge in [-0.15, -0.1) is 12.4 Å². The Bertz CT molecular complexity index is 819. The van der Waals surface area contributed by atoms with Gasteiger partial charge in [0.2, 0.25) is 5.91 Å². The van der Waals surface area contributed by atoms with E-state index < -0.39 is 0 Å². The molecule has 2 aliphatic heterocycles. The molecule has 0 aliphatic carbocycles. The van der Waals surface area contributed by atoms with Crippen molar-refractivity contribution in [3.63, 3.8) is 0 Å². The molecule has 1 aromatic heterocycles. The monoisotopic (exact) mass is 417 g/mol. The summed E-state index contributed by atoms with van der Waals surface area (Å²) in [7, 11) is 0. The van der Waals surface area contributed by atoms with Gasteiger partial charge in [0.25, 0.3) is 5.91 Å². The van der Waals surface area contributed by atoms with Crippen LogP contribution >= 0.6 is 12.4 Å². The largest absolute Gasteiger partial charge is 0.354 e. The van der Waals surface area contributed by atoms with E-state index in [0.29, 0.717) is 24.7 Å². The highest BCUT2D eigenvalue weighted by molar-refractivity contribution is 5.92. The molecule has 8 heteroatoms. The lowest BCUT2D eigenvalue weighted by molar-refractivity contribution is -0.123. The van der Waals surface area contributed by atoms with Gasteiger partial charge in [-0.3, -0.25) is 9.59 Å². The summed E-state index contributed by atoms with van der Waals surface area (Å²) in [4.78, 5) is 27.0. The Morgan fingerprint density at radius 3 is 2.72 bits per heavy atom. The van der Waals surface area contributed by atoms with Crippen molar-refractivity contribution < 1.29 is 9.59 Å². The van der Waals surface area contributed by atoms with Crippen LogP contribution in [0.2, 0.25) is 0 Å². The molecular formula is C21H28ClN5O2. The zero-order valence-corrected chi connectivity index (χ0v) is 17.2. The molecule has 0 spiro atoms. The summed E-state index contributed by atoms with van der Waals surface area (Å²) in [5.41, 5.74) is 1.39. The van der Waals surface area contributed by atoms with Gasteiger partial charge in [-0.25, -0.2) is 4.68 Å². The molecule has 2 amide bonds. The molecule has 29 heavy (non-hydrogen) atoms. The highest BCUT2D eigenvalue weighted by Crippen LogP contribution is 2.18. The van der Waals surface area contributed by atoms with Crippen LogP contribution in [0.4, 0.5) is 0 Å². The molecule has 2 aliphatic rings. The summed E-state index contributed by atoms with van der Waals surface area (Å²) < 4.78 is 1.73. The zero-order chi connectivity index (χ0) is 19.3. The number of nitrogens with one attached hydrogen (secondary N) is 2. The molecule has 156 valence electrons. The van der Waals surface area contributed by atoms with E-state index >= 15 is 0 Å². The van der Waals surface area contributed by atoms with Gasteiger partial charge in [-0.05, 0) is 56.3 Å². The summed E-state index contributed by atoms with van der Waals surface area (Å²) in [5, 5.41) is 10.7. The maximum absolute atomic E-state index is 12.9. The van der Waals surface area contributed by atoms with Gasteiger partial charge in [-0.2, -0.15) is 5.10 Å². The molecule has 2 saturated heterocycles. The Labute approximate surface area is 177 Å². The van der Waals surface area contributed by atoms with Crippen LogP contribution in [-0.2, 0) is 4.79 Å². The minimum atomic E-state index is -0.0525. The Hall–Kier alpha value is -2.38. The number of carbonyl (C=O) groups is 2. The van der Waals surface area contributed by atoms with E-state index in [0.717, 1.165) is 44.5 Å². The molecule has 2 aromatic rings. The Morgan fingerprint density at radius 1 is 1.14 bits per heavy atom. The number of rotatable bonds is 5. The fraction of sp³-hybridized carbons (Fsp3) is 0.476. The second kappa shape index (κ2) is 9.89. The number of hydrogen-bond acceptors (Lipinski definition) is 4. The summed E-state index contributed by atoms with van der Waals surface area (Å²) >= 11 is 0. The van der Waals surface area contributed by atoms with Gasteiger partial charge < -0.3 is 15.5 Å². The Kier molecular flexibility index (Phi) is 7.28. The third kappa shape index (κ3) is 5.16. The molecule has 7 nitrogen and oxygen atoms in total. The van der Waals surface area contributed by atoms with Gasteiger partial charge in [0.05, 0.1) is 11.7 Å². The predicted molar refractivity (Wildman–Crippen MR) is 113 cm³/mol. The molecule has 2 N–H and O–H groups in total. The van der Waals surface area contributed by atoms with Gasteiger partial charge in [0.1, 0.15) is 0 Å². The average molecular weight is 418 g/mol. The molecule has 2 unspecified atom stereocenters. The second-order valence-electron chi connectivity index (χ2n) is 7.63. The summed E-state index contributed by atoms with van der Waals surface area (Å²) in [6, 6.07) is 11.5. The van der Waals surface area contributed by atoms with E-state index in [1.165, 1.54) is 0 Å². The highest BCUT2D eigenvalue weighted by Gasteiger charge is 2.27. The molecule has 0 bridgehead atoms. The zero-order valence-electron chi connectivity index (χ0n) is 16.4. The first-order valence-corrected chi connectivity index (χ1v) is 10.1. The SMILES string of the molecule is Cl.O=C(NCC1CCCN(C(=O)c2ccn(-c3ccccc3)n2)C1)C1CCCN1. The van der Waals surface area contributed by atoms with Crippen LogP contribution in [0.1, 0.15) is 36.2 Å². The molecule has 2 fully saturated rings. The molecule has 3 heterocycles. The van der Waals surface area contributed by atoms with E-state index in [1.54, 1.807) is 10.7 Å². The summed E-state index contributed by atoms with van der Waals surface area (Å²) in [6.45, 7) is 2.94. The number of hydrogen-bond donors (Lipinski definition) is 2. The van der Waals surface area contributed by atoms with Crippen molar-refractivity contribution in [2.75, 3.05) is 26.2 Å². The van der Waals surface area contributed by atoms with Crippen LogP contribution in [0.5, 0.6) is 0 Å². The number of nitrogens with zero attached hydrogens (tertiary/aromatic N) is 3. The van der Waals surface area contributed by atoms with Crippen molar-refractivity contribution in [3.05, 3.63) is 48.3 Å². The van der Waals surface area contributed by atoms with Crippen LogP contribution in [0.25, 0.3) is 5.69 Å². The number of carbonyl (C=O) groups excluding carboxylic acids is 2. The smallest absolute Gasteiger partial charge is 0.274 e. The summed E-state index contributed by atoms with van der Waals surface area (Å²) in [5.74, 6) is 0.338. The fourth-order valence-corrected chi connectivity index (χ4v) is 4.02. The van der Waals surface area contributed by atoms with Gasteiger partial charge in [0.15, 0.2) is 5.69 Å². The van der Waals surface area contributed by atoms with Crippen molar-refractivity contribution in [1.29, 1.82) is 0 Å². The maximum atomic E-state index is 12.9. The predicted octanol–water partition coefficient (Wildman–Crippen LogP) is 2.01. The highest BCUT2D eigenvalue weighted by atomic mass is 35.5. The molecule has 4 rings (SSSR count). The summed E-state index contributed by atoms with van der Waals surface area (Å²) in [6.07, 6.45) is 5.76. The molecule has 1 aromatic carbocycles. The number of likely N-dealkylation sites (tertiary alicyclic amines) is 1. The second-order valence-corrected chi connectivity index (χ2v) is 7.63. The van der Waals surface area contributed by atoms with Gasteiger partial charge in [-0.1, -0.05) is 18.2 Å². The van der Waals surface area contributed by atoms with Crippen LogP contribution in [0.15, 0.2) is 42.6 Å². The van der Waals surface area contributed by atoms with Crippen LogP contribution < -0.4 is 10.6 Å². The number of benzene rings is 1. The fourth-order valence-electron chi connectivity index (χ4n) is 4.02. The van der Waals surface area contributed by atoms with Crippen molar-refractivity contribution in [3.8, 4) is 5.69 Å². The van der Waals surface area contributed by atoms with Crippen LogP contribution in [0.3, 0.4) is 0 Å². The van der Waals surface area contributed by atoms with Crippen molar-refractivity contribution >= 4 is 24.2 Å². The number of piperidine rings is 1. The first-order chi connectivity index (χ1) is 13.7. The first-order valence-electron chi connectivity index (χ1n) is 10.1. The van der Waals surface area contributed by atoms with E-state index in [2.05, 4.69) is 15.7 Å². The van der Waals surface area contributed by atoms with Crippen LogP contribution in [0, 0.1) is 5.92 Å². The minimum Gasteiger partial charge on any atom is -0.354 e. The molecule has 0 radical (unpaired) electrons. The number of aromatic nitrogens is 2. The first kappa shape index (κ1) is 21.3. The normalized spacial score (nSPS) is 21.4.